The van der Waals surface area contributed by atoms with Crippen LogP contribution in [-0.2, 0) is 11.2 Å². The molecule has 0 saturated carbocycles. The molecule has 7 heteroatoms. The molecular formula is C23H25FN2O4. The van der Waals surface area contributed by atoms with Crippen LogP contribution in [0.1, 0.15) is 30.1 Å². The summed E-state index contributed by atoms with van der Waals surface area (Å²) in [5.74, 6) is 2.18. The summed E-state index contributed by atoms with van der Waals surface area (Å²) >= 11 is 0. The Labute approximate surface area is 174 Å². The van der Waals surface area contributed by atoms with Crippen LogP contribution in [0.15, 0.2) is 40.9 Å². The van der Waals surface area contributed by atoms with Crippen molar-refractivity contribution >= 4 is 17.2 Å². The van der Waals surface area contributed by atoms with Gasteiger partial charge >= 0.3 is 0 Å². The molecule has 6 nitrogen and oxygen atoms in total. The molecule has 0 unspecified atom stereocenters. The van der Waals surface area contributed by atoms with E-state index in [1.54, 1.807) is 13.2 Å². The van der Waals surface area contributed by atoms with Crippen LogP contribution in [0, 0.1) is 5.82 Å². The van der Waals surface area contributed by atoms with Crippen molar-refractivity contribution in [1.82, 2.24) is 10.1 Å². The van der Waals surface area contributed by atoms with Crippen molar-refractivity contribution in [2.45, 2.75) is 25.2 Å². The topological polar surface area (TPSA) is 64.8 Å². The third-order valence-electron chi connectivity index (χ3n) is 5.64. The molecule has 0 aliphatic carbocycles. The molecule has 1 aliphatic rings. The minimum absolute atomic E-state index is 0.295. The van der Waals surface area contributed by atoms with Crippen molar-refractivity contribution in [3.8, 4) is 11.5 Å². The second-order valence-corrected chi connectivity index (χ2v) is 7.53. The number of aromatic nitrogens is 1. The van der Waals surface area contributed by atoms with Gasteiger partial charge in [-0.3, -0.25) is 4.90 Å². The van der Waals surface area contributed by atoms with Crippen molar-refractivity contribution < 1.29 is 23.2 Å². The van der Waals surface area contributed by atoms with Crippen molar-refractivity contribution in [3.05, 3.63) is 53.5 Å². The number of halogens is 1. The van der Waals surface area contributed by atoms with E-state index >= 15 is 0 Å². The van der Waals surface area contributed by atoms with Crippen LogP contribution in [-0.4, -0.2) is 49.7 Å². The Morgan fingerprint density at radius 2 is 2.03 bits per heavy atom. The van der Waals surface area contributed by atoms with E-state index in [0.717, 1.165) is 55.5 Å². The van der Waals surface area contributed by atoms with Gasteiger partial charge in [-0.1, -0.05) is 11.2 Å². The van der Waals surface area contributed by atoms with E-state index in [0.29, 0.717) is 36.0 Å². The number of likely N-dealkylation sites (tertiary alicyclic amines) is 1. The van der Waals surface area contributed by atoms with Crippen LogP contribution >= 0.6 is 0 Å². The molecule has 4 rings (SSSR count). The van der Waals surface area contributed by atoms with Gasteiger partial charge in [0.25, 0.3) is 0 Å². The quantitative estimate of drug-likeness (QED) is 0.522. The molecule has 0 spiro atoms. The first-order chi connectivity index (χ1) is 14.7. The SMILES string of the molecule is COc1cc(CC=O)ccc1OCCN1CCC(c2onc3cc(F)ccc23)CC1. The number of nitrogens with zero attached hydrogens (tertiary/aromatic N) is 2. The van der Waals surface area contributed by atoms with Crippen LogP contribution in [0.4, 0.5) is 4.39 Å². The summed E-state index contributed by atoms with van der Waals surface area (Å²) in [5.41, 5.74) is 1.48. The largest absolute Gasteiger partial charge is 0.493 e. The number of hydrogen-bond donors (Lipinski definition) is 0. The van der Waals surface area contributed by atoms with Crippen LogP contribution in [0.25, 0.3) is 10.9 Å². The zero-order valence-electron chi connectivity index (χ0n) is 17.0. The Morgan fingerprint density at radius 1 is 1.20 bits per heavy atom. The number of hydrogen-bond acceptors (Lipinski definition) is 6. The van der Waals surface area contributed by atoms with Gasteiger partial charge in [0.05, 0.1) is 7.11 Å². The number of rotatable bonds is 8. The number of benzene rings is 2. The fourth-order valence-electron chi connectivity index (χ4n) is 3.99. The molecule has 158 valence electrons. The molecule has 1 fully saturated rings. The van der Waals surface area contributed by atoms with Gasteiger partial charge in [-0.2, -0.15) is 0 Å². The highest BCUT2D eigenvalue weighted by Crippen LogP contribution is 2.33. The summed E-state index contributed by atoms with van der Waals surface area (Å²) in [5, 5.41) is 4.92. The summed E-state index contributed by atoms with van der Waals surface area (Å²) in [6.07, 6.45) is 3.16. The minimum Gasteiger partial charge on any atom is -0.493 e. The zero-order chi connectivity index (χ0) is 20.9. The molecule has 0 bridgehead atoms. The van der Waals surface area contributed by atoms with Crippen molar-refractivity contribution in [2.75, 3.05) is 33.4 Å². The number of carbonyl (C=O) groups excluding carboxylic acids is 1. The van der Waals surface area contributed by atoms with E-state index in [9.17, 15) is 9.18 Å². The maximum atomic E-state index is 13.4. The Morgan fingerprint density at radius 3 is 2.80 bits per heavy atom. The molecule has 0 N–H and O–H groups in total. The van der Waals surface area contributed by atoms with E-state index in [-0.39, 0.29) is 5.82 Å². The lowest BCUT2D eigenvalue weighted by Gasteiger charge is -2.30. The lowest BCUT2D eigenvalue weighted by atomic mass is 9.92. The molecule has 30 heavy (non-hydrogen) atoms. The van der Waals surface area contributed by atoms with E-state index in [1.165, 1.54) is 12.1 Å². The van der Waals surface area contributed by atoms with Crippen molar-refractivity contribution in [3.63, 3.8) is 0 Å². The van der Waals surface area contributed by atoms with Gasteiger partial charge < -0.3 is 18.8 Å². The van der Waals surface area contributed by atoms with Gasteiger partial charge in [0.15, 0.2) is 11.5 Å². The minimum atomic E-state index is -0.299. The number of methoxy groups -OCH3 is 1. The standard InChI is InChI=1S/C23H25FN2O4/c1-28-22-14-16(8-12-27)2-5-21(22)29-13-11-26-9-6-17(7-10-26)23-19-4-3-18(24)15-20(19)25-30-23/h2-5,12,14-15,17H,6-11,13H2,1H3. The third-order valence-corrected chi connectivity index (χ3v) is 5.64. The van der Waals surface area contributed by atoms with Gasteiger partial charge in [-0.15, -0.1) is 0 Å². The zero-order valence-corrected chi connectivity index (χ0v) is 17.0. The van der Waals surface area contributed by atoms with E-state index in [2.05, 4.69) is 10.1 Å². The predicted molar refractivity (Wildman–Crippen MR) is 111 cm³/mol. The molecular weight excluding hydrogens is 387 g/mol. The normalized spacial score (nSPS) is 15.4. The Balaban J connectivity index is 1.28. The highest BCUT2D eigenvalue weighted by atomic mass is 19.1. The molecule has 2 aromatic carbocycles. The van der Waals surface area contributed by atoms with Gasteiger partial charge in [0.2, 0.25) is 0 Å². The van der Waals surface area contributed by atoms with Gasteiger partial charge in [0.1, 0.15) is 30.0 Å². The van der Waals surface area contributed by atoms with E-state index in [1.807, 2.05) is 18.2 Å². The van der Waals surface area contributed by atoms with Gasteiger partial charge in [0, 0.05) is 30.3 Å². The molecule has 0 radical (unpaired) electrons. The summed E-state index contributed by atoms with van der Waals surface area (Å²) in [6, 6.07) is 10.2. The molecule has 0 amide bonds. The monoisotopic (exact) mass is 412 g/mol. The smallest absolute Gasteiger partial charge is 0.161 e. The average molecular weight is 412 g/mol. The van der Waals surface area contributed by atoms with Crippen LogP contribution in [0.2, 0.25) is 0 Å². The first-order valence-electron chi connectivity index (χ1n) is 10.2. The Hall–Kier alpha value is -2.93. The fraction of sp³-hybridized carbons (Fsp3) is 0.391. The molecule has 1 aliphatic heterocycles. The second kappa shape index (κ2) is 9.26. The van der Waals surface area contributed by atoms with Crippen LogP contribution in [0.3, 0.4) is 0 Å². The summed E-state index contributed by atoms with van der Waals surface area (Å²) in [7, 11) is 1.60. The van der Waals surface area contributed by atoms with Crippen LogP contribution in [0.5, 0.6) is 11.5 Å². The first kappa shape index (κ1) is 20.3. The van der Waals surface area contributed by atoms with Crippen molar-refractivity contribution in [2.24, 2.45) is 0 Å². The lowest BCUT2D eigenvalue weighted by molar-refractivity contribution is -0.107. The Kier molecular flexibility index (Phi) is 6.28. The number of carbonyl (C=O) groups is 1. The van der Waals surface area contributed by atoms with E-state index in [4.69, 9.17) is 14.0 Å². The maximum Gasteiger partial charge on any atom is 0.161 e. The van der Waals surface area contributed by atoms with Gasteiger partial charge in [-0.25, -0.2) is 4.39 Å². The van der Waals surface area contributed by atoms with Gasteiger partial charge in [-0.05, 0) is 55.8 Å². The highest BCUT2D eigenvalue weighted by Gasteiger charge is 2.25. The summed E-state index contributed by atoms with van der Waals surface area (Å²) < 4.78 is 30.2. The molecule has 2 heterocycles. The molecule has 1 aromatic heterocycles. The summed E-state index contributed by atoms with van der Waals surface area (Å²) in [4.78, 5) is 13.0. The van der Waals surface area contributed by atoms with E-state index < -0.39 is 0 Å². The molecule has 1 saturated heterocycles. The molecule has 0 atom stereocenters. The van der Waals surface area contributed by atoms with Crippen molar-refractivity contribution in [1.29, 1.82) is 0 Å². The number of piperidine rings is 1. The number of ether oxygens (including phenoxy) is 2. The second-order valence-electron chi connectivity index (χ2n) is 7.53. The Bertz CT molecular complexity index is 1010. The maximum absolute atomic E-state index is 13.4. The third kappa shape index (κ3) is 4.46. The summed E-state index contributed by atoms with van der Waals surface area (Å²) in [6.45, 7) is 3.24. The van der Waals surface area contributed by atoms with Crippen LogP contribution < -0.4 is 9.47 Å². The average Bonchev–Trinajstić information content (AvgIpc) is 3.18. The number of fused-ring (bicyclic) bond motifs is 1. The fourth-order valence-corrected chi connectivity index (χ4v) is 3.99. The highest BCUT2D eigenvalue weighted by molar-refractivity contribution is 5.80. The predicted octanol–water partition coefficient (Wildman–Crippen LogP) is 3.98. The number of aldehydes is 1. The first-order valence-corrected chi connectivity index (χ1v) is 10.2. The molecule has 3 aromatic rings. The lowest BCUT2D eigenvalue weighted by Crippen LogP contribution is -2.35.